The molecule has 0 fully saturated rings. The van der Waals surface area contributed by atoms with Crippen molar-refractivity contribution in [2.45, 2.75) is 32.6 Å². The van der Waals surface area contributed by atoms with Crippen LogP contribution in [0.3, 0.4) is 0 Å². The minimum Gasteiger partial charge on any atom is -0.481 e. The molecule has 0 unspecified atom stereocenters. The van der Waals surface area contributed by atoms with Crippen molar-refractivity contribution in [3.63, 3.8) is 0 Å². The lowest BCUT2D eigenvalue weighted by molar-refractivity contribution is 0.398. The molecule has 1 N–H and O–H groups in total. The smallest absolute Gasteiger partial charge is 0.213 e. The van der Waals surface area contributed by atoms with Crippen molar-refractivity contribution in [3.8, 4) is 17.0 Å². The Bertz CT molecular complexity index is 864. The van der Waals surface area contributed by atoms with Gasteiger partial charge >= 0.3 is 0 Å². The van der Waals surface area contributed by atoms with Gasteiger partial charge in [0, 0.05) is 35.9 Å². The molecule has 3 rings (SSSR count). The van der Waals surface area contributed by atoms with E-state index in [1.165, 1.54) is 18.5 Å². The fourth-order valence-corrected chi connectivity index (χ4v) is 3.09. The number of unbranched alkanes of at least 4 members (excludes halogenated alkanes) is 2. The summed E-state index contributed by atoms with van der Waals surface area (Å²) in [5, 5.41) is 3.53. The monoisotopic (exact) mass is 361 g/mol. The number of benzene rings is 1. The third-order valence-electron chi connectivity index (χ3n) is 4.52. The Morgan fingerprint density at radius 3 is 2.63 bits per heavy atom. The molecular formula is C23H27N3O. The van der Waals surface area contributed by atoms with Crippen LogP contribution in [-0.2, 0) is 6.42 Å². The first-order valence-corrected chi connectivity index (χ1v) is 9.51. The summed E-state index contributed by atoms with van der Waals surface area (Å²) in [6, 6.07) is 18.7. The molecule has 0 aliphatic carbocycles. The van der Waals surface area contributed by atoms with Crippen molar-refractivity contribution in [3.05, 3.63) is 72.2 Å². The van der Waals surface area contributed by atoms with Gasteiger partial charge < -0.3 is 10.1 Å². The quantitative estimate of drug-likeness (QED) is 0.526. The number of aromatic nitrogens is 2. The number of ether oxygens (including phenoxy) is 1. The number of rotatable bonds is 9. The van der Waals surface area contributed by atoms with Crippen LogP contribution in [0.1, 0.15) is 30.7 Å². The van der Waals surface area contributed by atoms with Gasteiger partial charge in [-0.3, -0.25) is 4.98 Å². The molecule has 0 atom stereocenters. The van der Waals surface area contributed by atoms with Gasteiger partial charge in [0.1, 0.15) is 0 Å². The number of nitrogens with zero attached hydrogens (tertiary/aromatic N) is 2. The van der Waals surface area contributed by atoms with E-state index in [1.54, 1.807) is 13.3 Å². The van der Waals surface area contributed by atoms with E-state index in [0.717, 1.165) is 41.9 Å². The van der Waals surface area contributed by atoms with Crippen LogP contribution in [0.25, 0.3) is 11.1 Å². The fraction of sp³-hybridized carbons (Fsp3) is 0.304. The molecule has 1 aromatic carbocycles. The molecule has 2 heterocycles. The molecule has 0 aliphatic rings. The molecule has 0 amide bonds. The predicted molar refractivity (Wildman–Crippen MR) is 111 cm³/mol. The molecule has 0 saturated carbocycles. The molecule has 27 heavy (non-hydrogen) atoms. The lowest BCUT2D eigenvalue weighted by Gasteiger charge is -2.09. The molecule has 4 nitrogen and oxygen atoms in total. The summed E-state index contributed by atoms with van der Waals surface area (Å²) >= 11 is 0. The number of hydrogen-bond donors (Lipinski definition) is 1. The van der Waals surface area contributed by atoms with Crippen LogP contribution in [0.4, 0.5) is 5.69 Å². The Labute approximate surface area is 161 Å². The summed E-state index contributed by atoms with van der Waals surface area (Å²) in [6.45, 7) is 3.02. The van der Waals surface area contributed by atoms with E-state index in [0.29, 0.717) is 5.88 Å². The van der Waals surface area contributed by atoms with Crippen molar-refractivity contribution in [2.75, 3.05) is 19.0 Å². The van der Waals surface area contributed by atoms with E-state index < -0.39 is 0 Å². The number of anilines is 1. The lowest BCUT2D eigenvalue weighted by Crippen LogP contribution is -2.02. The zero-order valence-electron chi connectivity index (χ0n) is 16.1. The van der Waals surface area contributed by atoms with Gasteiger partial charge in [0.25, 0.3) is 0 Å². The zero-order valence-corrected chi connectivity index (χ0v) is 16.1. The second-order valence-corrected chi connectivity index (χ2v) is 6.68. The predicted octanol–water partition coefficient (Wildman–Crippen LogP) is 5.29. The summed E-state index contributed by atoms with van der Waals surface area (Å²) in [4.78, 5) is 8.73. The van der Waals surface area contributed by atoms with E-state index in [2.05, 4.69) is 51.7 Å². The third-order valence-corrected chi connectivity index (χ3v) is 4.52. The van der Waals surface area contributed by atoms with E-state index in [9.17, 15) is 0 Å². The van der Waals surface area contributed by atoms with Gasteiger partial charge in [-0.05, 0) is 67.6 Å². The standard InChI is InChI=1S/C23H27N3O/c1-18-8-6-11-21(26-18)10-4-3-5-14-24-22-12-7-9-19(16-22)20-13-15-25-23(17-20)27-2/h6-9,11-13,15-17,24H,3-5,10,14H2,1-2H3. The van der Waals surface area contributed by atoms with Crippen molar-refractivity contribution < 1.29 is 4.74 Å². The van der Waals surface area contributed by atoms with E-state index >= 15 is 0 Å². The summed E-state index contributed by atoms with van der Waals surface area (Å²) in [5.41, 5.74) is 5.70. The van der Waals surface area contributed by atoms with Gasteiger partial charge in [-0.25, -0.2) is 4.98 Å². The van der Waals surface area contributed by atoms with E-state index in [1.807, 2.05) is 25.1 Å². The summed E-state index contributed by atoms with van der Waals surface area (Å²) in [7, 11) is 1.64. The van der Waals surface area contributed by atoms with Crippen molar-refractivity contribution >= 4 is 5.69 Å². The minimum absolute atomic E-state index is 0.633. The maximum Gasteiger partial charge on any atom is 0.213 e. The topological polar surface area (TPSA) is 47.0 Å². The second-order valence-electron chi connectivity index (χ2n) is 6.68. The van der Waals surface area contributed by atoms with Crippen LogP contribution in [0.2, 0.25) is 0 Å². The molecule has 0 spiro atoms. The van der Waals surface area contributed by atoms with Gasteiger partial charge in [0.05, 0.1) is 7.11 Å². The average Bonchev–Trinajstić information content (AvgIpc) is 2.71. The SMILES string of the molecule is COc1cc(-c2cccc(NCCCCCc3cccc(C)n3)c2)ccn1. The van der Waals surface area contributed by atoms with Crippen LogP contribution in [-0.4, -0.2) is 23.6 Å². The van der Waals surface area contributed by atoms with Crippen LogP contribution in [0.15, 0.2) is 60.8 Å². The van der Waals surface area contributed by atoms with Crippen LogP contribution in [0, 0.1) is 6.92 Å². The van der Waals surface area contributed by atoms with Crippen molar-refractivity contribution in [1.82, 2.24) is 9.97 Å². The largest absolute Gasteiger partial charge is 0.481 e. The van der Waals surface area contributed by atoms with E-state index in [-0.39, 0.29) is 0 Å². The van der Waals surface area contributed by atoms with Gasteiger partial charge in [0.15, 0.2) is 0 Å². The lowest BCUT2D eigenvalue weighted by atomic mass is 10.1. The molecule has 2 aromatic heterocycles. The van der Waals surface area contributed by atoms with Gasteiger partial charge in [0.2, 0.25) is 5.88 Å². The first kappa shape index (κ1) is 18.9. The molecule has 3 aromatic rings. The Morgan fingerprint density at radius 2 is 1.78 bits per heavy atom. The fourth-order valence-electron chi connectivity index (χ4n) is 3.09. The molecular weight excluding hydrogens is 334 g/mol. The molecule has 0 saturated heterocycles. The first-order valence-electron chi connectivity index (χ1n) is 9.51. The molecule has 0 bridgehead atoms. The Balaban J connectivity index is 1.44. The molecule has 140 valence electrons. The van der Waals surface area contributed by atoms with Gasteiger partial charge in [-0.15, -0.1) is 0 Å². The Kier molecular flexibility index (Phi) is 6.80. The van der Waals surface area contributed by atoms with Crippen LogP contribution < -0.4 is 10.1 Å². The third kappa shape index (κ3) is 5.81. The second kappa shape index (κ2) is 9.72. The zero-order chi connectivity index (χ0) is 18.9. The van der Waals surface area contributed by atoms with Gasteiger partial charge in [-0.2, -0.15) is 0 Å². The molecule has 0 aliphatic heterocycles. The van der Waals surface area contributed by atoms with Crippen molar-refractivity contribution in [2.24, 2.45) is 0 Å². The highest BCUT2D eigenvalue weighted by Gasteiger charge is 2.02. The first-order chi connectivity index (χ1) is 13.2. The maximum absolute atomic E-state index is 5.22. The molecule has 0 radical (unpaired) electrons. The highest BCUT2D eigenvalue weighted by molar-refractivity contribution is 5.68. The van der Waals surface area contributed by atoms with Crippen LogP contribution in [0.5, 0.6) is 5.88 Å². The number of pyridine rings is 2. The highest BCUT2D eigenvalue weighted by atomic mass is 16.5. The van der Waals surface area contributed by atoms with Gasteiger partial charge in [-0.1, -0.05) is 24.6 Å². The number of hydrogen-bond acceptors (Lipinski definition) is 4. The number of methoxy groups -OCH3 is 1. The average molecular weight is 361 g/mol. The minimum atomic E-state index is 0.633. The van der Waals surface area contributed by atoms with E-state index in [4.69, 9.17) is 4.74 Å². The number of aryl methyl sites for hydroxylation is 2. The normalized spacial score (nSPS) is 10.6. The summed E-state index contributed by atoms with van der Waals surface area (Å²) < 4.78 is 5.22. The summed E-state index contributed by atoms with van der Waals surface area (Å²) in [5.74, 6) is 0.633. The summed E-state index contributed by atoms with van der Waals surface area (Å²) in [6.07, 6.45) is 6.36. The number of nitrogens with one attached hydrogen (secondary N) is 1. The van der Waals surface area contributed by atoms with Crippen molar-refractivity contribution in [1.29, 1.82) is 0 Å². The highest BCUT2D eigenvalue weighted by Crippen LogP contribution is 2.24. The molecule has 4 heteroatoms. The van der Waals surface area contributed by atoms with Crippen LogP contribution >= 0.6 is 0 Å². The Morgan fingerprint density at radius 1 is 0.926 bits per heavy atom. The maximum atomic E-state index is 5.22. The Hall–Kier alpha value is -2.88.